The molecule has 0 aromatic carbocycles. The molecule has 0 saturated carbocycles. The zero-order valence-electron chi connectivity index (χ0n) is 13.4. The number of anilines is 2. The molecular formula is C15H14ClF3N6O. The van der Waals surface area contributed by atoms with Crippen molar-refractivity contribution in [1.82, 2.24) is 19.9 Å². The third-order valence-corrected chi connectivity index (χ3v) is 4.22. The van der Waals surface area contributed by atoms with Crippen molar-refractivity contribution in [2.75, 3.05) is 36.8 Å². The Hall–Kier alpha value is -2.62. The third kappa shape index (κ3) is 3.64. The zero-order valence-corrected chi connectivity index (χ0v) is 14.1. The number of carbonyl (C=O) groups excluding carboxylic acids is 1. The minimum atomic E-state index is -4.50. The van der Waals surface area contributed by atoms with Crippen molar-refractivity contribution in [3.8, 4) is 0 Å². The van der Waals surface area contributed by atoms with Crippen molar-refractivity contribution >= 4 is 29.1 Å². The Morgan fingerprint density at radius 2 is 1.77 bits per heavy atom. The van der Waals surface area contributed by atoms with Crippen molar-refractivity contribution in [1.29, 1.82) is 0 Å². The van der Waals surface area contributed by atoms with Gasteiger partial charge in [0.25, 0.3) is 5.91 Å². The van der Waals surface area contributed by atoms with E-state index in [1.807, 2.05) is 0 Å². The second kappa shape index (κ2) is 6.94. The number of rotatable bonds is 2. The van der Waals surface area contributed by atoms with E-state index in [1.165, 1.54) is 12.4 Å². The Kier molecular flexibility index (Phi) is 4.86. The first-order valence-corrected chi connectivity index (χ1v) is 7.98. The first-order chi connectivity index (χ1) is 12.3. The van der Waals surface area contributed by atoms with Gasteiger partial charge in [0.05, 0.1) is 10.6 Å². The lowest BCUT2D eigenvalue weighted by Gasteiger charge is -2.35. The lowest BCUT2D eigenvalue weighted by Crippen LogP contribution is -2.49. The van der Waals surface area contributed by atoms with E-state index >= 15 is 0 Å². The van der Waals surface area contributed by atoms with Crippen LogP contribution in [0.15, 0.2) is 24.7 Å². The number of aromatic nitrogens is 3. The number of nitrogens with two attached hydrogens (primary N) is 1. The molecule has 1 fully saturated rings. The Morgan fingerprint density at radius 3 is 2.35 bits per heavy atom. The number of alkyl halides is 3. The van der Waals surface area contributed by atoms with Crippen LogP contribution >= 0.6 is 11.6 Å². The maximum atomic E-state index is 12.7. The number of hydrogen-bond donors (Lipinski definition) is 1. The number of amides is 1. The van der Waals surface area contributed by atoms with Crippen LogP contribution in [0, 0.1) is 0 Å². The molecule has 11 heteroatoms. The van der Waals surface area contributed by atoms with Crippen LogP contribution < -0.4 is 10.6 Å². The average Bonchev–Trinajstić information content (AvgIpc) is 2.61. The maximum Gasteiger partial charge on any atom is 0.417 e. The Bertz CT molecular complexity index is 823. The van der Waals surface area contributed by atoms with Gasteiger partial charge >= 0.3 is 6.18 Å². The second-order valence-electron chi connectivity index (χ2n) is 5.60. The summed E-state index contributed by atoms with van der Waals surface area (Å²) >= 11 is 5.96. The lowest BCUT2D eigenvalue weighted by atomic mass is 10.2. The number of pyridine rings is 1. The molecule has 3 heterocycles. The summed E-state index contributed by atoms with van der Waals surface area (Å²) in [5.74, 6) is -0.0418. The van der Waals surface area contributed by atoms with Crippen molar-refractivity contribution in [3.05, 3.63) is 40.9 Å². The van der Waals surface area contributed by atoms with E-state index in [0.29, 0.717) is 26.2 Å². The predicted molar refractivity (Wildman–Crippen MR) is 88.8 cm³/mol. The van der Waals surface area contributed by atoms with Crippen LogP contribution in [0.1, 0.15) is 16.1 Å². The normalized spacial score (nSPS) is 15.2. The highest BCUT2D eigenvalue weighted by Gasteiger charge is 2.32. The van der Waals surface area contributed by atoms with Crippen LogP contribution in [0.2, 0.25) is 5.02 Å². The molecule has 1 amide bonds. The van der Waals surface area contributed by atoms with Crippen molar-refractivity contribution in [2.45, 2.75) is 6.18 Å². The third-order valence-electron chi connectivity index (χ3n) is 3.94. The largest absolute Gasteiger partial charge is 0.417 e. The molecular weight excluding hydrogens is 373 g/mol. The van der Waals surface area contributed by atoms with Crippen molar-refractivity contribution < 1.29 is 18.0 Å². The molecule has 1 aliphatic heterocycles. The molecule has 1 aliphatic rings. The monoisotopic (exact) mass is 386 g/mol. The second-order valence-corrected chi connectivity index (χ2v) is 6.00. The smallest absolute Gasteiger partial charge is 0.382 e. The summed E-state index contributed by atoms with van der Waals surface area (Å²) in [6.45, 7) is 1.38. The van der Waals surface area contributed by atoms with Gasteiger partial charge < -0.3 is 15.5 Å². The molecule has 138 valence electrons. The van der Waals surface area contributed by atoms with Gasteiger partial charge in [-0.25, -0.2) is 15.0 Å². The average molecular weight is 387 g/mol. The molecule has 0 bridgehead atoms. The van der Waals surface area contributed by atoms with E-state index in [2.05, 4.69) is 15.0 Å². The van der Waals surface area contributed by atoms with Gasteiger partial charge in [-0.15, -0.1) is 0 Å². The van der Waals surface area contributed by atoms with Crippen LogP contribution in [0.3, 0.4) is 0 Å². The van der Waals surface area contributed by atoms with E-state index < -0.39 is 11.7 Å². The van der Waals surface area contributed by atoms with Gasteiger partial charge in [-0.2, -0.15) is 13.2 Å². The number of nitrogens with zero attached hydrogens (tertiary/aromatic N) is 5. The van der Waals surface area contributed by atoms with Crippen LogP contribution in [0.4, 0.5) is 24.8 Å². The topological polar surface area (TPSA) is 88.2 Å². The Balaban J connectivity index is 1.69. The van der Waals surface area contributed by atoms with Crippen molar-refractivity contribution in [2.24, 2.45) is 0 Å². The molecule has 0 unspecified atom stereocenters. The van der Waals surface area contributed by atoms with Crippen molar-refractivity contribution in [3.63, 3.8) is 0 Å². The van der Waals surface area contributed by atoms with Gasteiger partial charge in [0, 0.05) is 44.8 Å². The van der Waals surface area contributed by atoms with Crippen LogP contribution in [0.5, 0.6) is 0 Å². The summed E-state index contributed by atoms with van der Waals surface area (Å²) in [6.07, 6.45) is -0.982. The summed E-state index contributed by atoms with van der Waals surface area (Å²) in [6, 6.07) is 0.849. The lowest BCUT2D eigenvalue weighted by molar-refractivity contribution is -0.137. The van der Waals surface area contributed by atoms with E-state index in [4.69, 9.17) is 17.3 Å². The summed E-state index contributed by atoms with van der Waals surface area (Å²) in [5, 5.41) is -0.0854. The quantitative estimate of drug-likeness (QED) is 0.850. The molecule has 7 nitrogen and oxygen atoms in total. The fourth-order valence-corrected chi connectivity index (χ4v) is 2.89. The van der Waals surface area contributed by atoms with E-state index in [0.717, 1.165) is 12.3 Å². The number of nitrogen functional groups attached to an aromatic ring is 1. The first-order valence-electron chi connectivity index (χ1n) is 7.61. The number of hydrogen-bond acceptors (Lipinski definition) is 6. The zero-order chi connectivity index (χ0) is 18.9. The SMILES string of the molecule is Nc1nccnc1C(=O)N1CCN(c2ncc(C(F)(F)F)cc2Cl)CC1. The first kappa shape index (κ1) is 18.2. The molecule has 0 radical (unpaired) electrons. The molecule has 3 rings (SSSR count). The van der Waals surface area contributed by atoms with Gasteiger partial charge in [0.1, 0.15) is 5.82 Å². The highest BCUT2D eigenvalue weighted by molar-refractivity contribution is 6.33. The molecule has 2 aromatic rings. The molecule has 0 spiro atoms. The number of carbonyl (C=O) groups is 1. The maximum absolute atomic E-state index is 12.7. The molecule has 0 atom stereocenters. The Labute approximate surface area is 151 Å². The summed E-state index contributed by atoms with van der Waals surface area (Å²) in [4.78, 5) is 27.3. The molecule has 0 aliphatic carbocycles. The number of halogens is 4. The molecule has 2 N–H and O–H groups in total. The van der Waals surface area contributed by atoms with Crippen LogP contribution in [-0.4, -0.2) is 51.9 Å². The van der Waals surface area contributed by atoms with E-state index in [9.17, 15) is 18.0 Å². The number of piperazine rings is 1. The van der Waals surface area contributed by atoms with Crippen LogP contribution in [-0.2, 0) is 6.18 Å². The molecule has 1 saturated heterocycles. The van der Waals surface area contributed by atoms with Gasteiger partial charge in [-0.3, -0.25) is 4.79 Å². The van der Waals surface area contributed by atoms with E-state index in [-0.39, 0.29) is 28.3 Å². The van der Waals surface area contributed by atoms with Crippen LogP contribution in [0.25, 0.3) is 0 Å². The summed E-state index contributed by atoms with van der Waals surface area (Å²) < 4.78 is 38.1. The molecule has 2 aromatic heterocycles. The van der Waals surface area contributed by atoms with E-state index in [1.54, 1.807) is 9.80 Å². The summed E-state index contributed by atoms with van der Waals surface area (Å²) in [7, 11) is 0. The highest BCUT2D eigenvalue weighted by atomic mass is 35.5. The minimum absolute atomic E-state index is 0.0485. The summed E-state index contributed by atoms with van der Waals surface area (Å²) in [5.41, 5.74) is 4.84. The van der Waals surface area contributed by atoms with Gasteiger partial charge in [-0.1, -0.05) is 11.6 Å². The minimum Gasteiger partial charge on any atom is -0.382 e. The van der Waals surface area contributed by atoms with Gasteiger partial charge in [0.2, 0.25) is 0 Å². The Morgan fingerprint density at radius 1 is 1.12 bits per heavy atom. The van der Waals surface area contributed by atoms with Gasteiger partial charge in [0.15, 0.2) is 11.5 Å². The highest BCUT2D eigenvalue weighted by Crippen LogP contribution is 2.33. The fraction of sp³-hybridized carbons (Fsp3) is 0.333. The van der Waals surface area contributed by atoms with Gasteiger partial charge in [-0.05, 0) is 6.07 Å². The fourth-order valence-electron chi connectivity index (χ4n) is 2.60. The standard InChI is InChI=1S/C15H14ClF3N6O/c16-10-7-9(15(17,18)19)8-23-13(10)24-3-5-25(6-4-24)14(26)11-12(20)22-2-1-21-11/h1-2,7-8H,3-6H2,(H2,20,22). The predicted octanol–water partition coefficient (Wildman–Crippen LogP) is 2.09. The molecule has 26 heavy (non-hydrogen) atoms.